The number of halogens is 1. The van der Waals surface area contributed by atoms with Crippen molar-refractivity contribution in [3.05, 3.63) is 22.7 Å². The summed E-state index contributed by atoms with van der Waals surface area (Å²) in [5.74, 6) is 0. The van der Waals surface area contributed by atoms with Gasteiger partial charge in [-0.3, -0.25) is 5.32 Å². The largest absolute Gasteiger partial charge is 0.447 e. The highest BCUT2D eigenvalue weighted by atomic mass is 79.9. The Labute approximate surface area is 109 Å². The van der Waals surface area contributed by atoms with Gasteiger partial charge in [-0.25, -0.2) is 4.79 Å². The van der Waals surface area contributed by atoms with Crippen LogP contribution in [0.4, 0.5) is 16.2 Å². The Morgan fingerprint density at radius 3 is 2.82 bits per heavy atom. The van der Waals surface area contributed by atoms with Gasteiger partial charge in [0.05, 0.1) is 18.0 Å². The number of aliphatic hydroxyl groups excluding tert-OH is 1. The molecule has 94 valence electrons. The van der Waals surface area contributed by atoms with Gasteiger partial charge in [-0.05, 0) is 18.2 Å². The van der Waals surface area contributed by atoms with Gasteiger partial charge in [-0.2, -0.15) is 0 Å². The van der Waals surface area contributed by atoms with E-state index in [4.69, 9.17) is 9.84 Å². The second kappa shape index (κ2) is 6.46. The van der Waals surface area contributed by atoms with Crippen molar-refractivity contribution in [1.82, 2.24) is 0 Å². The van der Waals surface area contributed by atoms with Crippen LogP contribution in [0.5, 0.6) is 0 Å². The van der Waals surface area contributed by atoms with E-state index in [1.165, 1.54) is 0 Å². The van der Waals surface area contributed by atoms with Crippen molar-refractivity contribution in [3.63, 3.8) is 0 Å². The molecular formula is C11H15BrN2O3. The molecule has 0 spiro atoms. The van der Waals surface area contributed by atoms with Crippen molar-refractivity contribution in [2.24, 2.45) is 0 Å². The number of benzene rings is 1. The number of ether oxygens (including phenoxy) is 1. The Bertz CT molecular complexity index is 396. The molecule has 0 saturated carbocycles. The summed E-state index contributed by atoms with van der Waals surface area (Å²) >= 11 is 3.34. The minimum atomic E-state index is -0.583. The molecule has 1 amide bonds. The van der Waals surface area contributed by atoms with Gasteiger partial charge in [0.15, 0.2) is 0 Å². The number of amides is 1. The molecule has 1 aromatic rings. The Hall–Kier alpha value is -1.27. The number of rotatable bonds is 4. The van der Waals surface area contributed by atoms with Gasteiger partial charge in [0.25, 0.3) is 0 Å². The van der Waals surface area contributed by atoms with E-state index in [-0.39, 0.29) is 13.2 Å². The molecule has 1 aromatic carbocycles. The highest BCUT2D eigenvalue weighted by Gasteiger charge is 2.09. The molecule has 0 atom stereocenters. The highest BCUT2D eigenvalue weighted by Crippen LogP contribution is 2.28. The number of nitrogens with zero attached hydrogens (tertiary/aromatic N) is 1. The number of hydrogen-bond acceptors (Lipinski definition) is 4. The lowest BCUT2D eigenvalue weighted by Gasteiger charge is -2.18. The summed E-state index contributed by atoms with van der Waals surface area (Å²) in [7, 11) is 3.76. The minimum absolute atomic E-state index is 0.0167. The zero-order valence-corrected chi connectivity index (χ0v) is 11.3. The number of carbonyl (C=O) groups is 1. The zero-order chi connectivity index (χ0) is 12.8. The summed E-state index contributed by atoms with van der Waals surface area (Å²) in [4.78, 5) is 13.3. The highest BCUT2D eigenvalue weighted by molar-refractivity contribution is 9.10. The van der Waals surface area contributed by atoms with Gasteiger partial charge < -0.3 is 14.7 Å². The molecule has 6 heteroatoms. The third kappa shape index (κ3) is 4.24. The maximum Gasteiger partial charge on any atom is 0.411 e. The van der Waals surface area contributed by atoms with Crippen molar-refractivity contribution < 1.29 is 14.6 Å². The van der Waals surface area contributed by atoms with Crippen LogP contribution in [0.1, 0.15) is 0 Å². The van der Waals surface area contributed by atoms with Crippen LogP contribution in [0.15, 0.2) is 22.7 Å². The third-order valence-corrected chi connectivity index (χ3v) is 2.49. The Morgan fingerprint density at radius 2 is 2.24 bits per heavy atom. The second-order valence-electron chi connectivity index (χ2n) is 3.54. The average molecular weight is 303 g/mol. The lowest BCUT2D eigenvalue weighted by atomic mass is 10.2. The van der Waals surface area contributed by atoms with E-state index in [2.05, 4.69) is 21.2 Å². The molecule has 0 radical (unpaired) electrons. The Kier molecular flexibility index (Phi) is 5.24. The molecule has 0 bridgehead atoms. The Morgan fingerprint density at radius 1 is 1.53 bits per heavy atom. The van der Waals surface area contributed by atoms with E-state index in [1.807, 2.05) is 31.1 Å². The first kappa shape index (κ1) is 13.8. The maximum absolute atomic E-state index is 11.4. The van der Waals surface area contributed by atoms with E-state index < -0.39 is 6.09 Å². The van der Waals surface area contributed by atoms with Crippen LogP contribution in [-0.2, 0) is 4.74 Å². The lowest BCUT2D eigenvalue weighted by molar-refractivity contribution is 0.131. The van der Waals surface area contributed by atoms with E-state index in [0.29, 0.717) is 5.69 Å². The van der Waals surface area contributed by atoms with Crippen LogP contribution in [-0.4, -0.2) is 38.5 Å². The summed E-state index contributed by atoms with van der Waals surface area (Å²) in [6.45, 7) is -0.205. The molecule has 0 saturated heterocycles. The summed E-state index contributed by atoms with van der Waals surface area (Å²) in [5.41, 5.74) is 1.52. The molecule has 17 heavy (non-hydrogen) atoms. The maximum atomic E-state index is 11.4. The summed E-state index contributed by atoms with van der Waals surface area (Å²) in [6.07, 6.45) is -0.583. The molecular weight excluding hydrogens is 288 g/mol. The number of nitrogens with one attached hydrogen (secondary N) is 1. The molecule has 0 aliphatic heterocycles. The van der Waals surface area contributed by atoms with E-state index in [0.717, 1.165) is 10.2 Å². The van der Waals surface area contributed by atoms with Crippen molar-refractivity contribution in [3.8, 4) is 0 Å². The van der Waals surface area contributed by atoms with Gasteiger partial charge in [0.2, 0.25) is 0 Å². The van der Waals surface area contributed by atoms with Gasteiger partial charge in [0.1, 0.15) is 6.61 Å². The number of carbonyl (C=O) groups excluding carboxylic acids is 1. The predicted octanol–water partition coefficient (Wildman–Crippen LogP) is 2.06. The van der Waals surface area contributed by atoms with Crippen LogP contribution in [0.25, 0.3) is 0 Å². The molecule has 0 unspecified atom stereocenters. The second-order valence-corrected chi connectivity index (χ2v) is 4.46. The molecule has 0 fully saturated rings. The molecule has 0 aliphatic rings. The van der Waals surface area contributed by atoms with E-state index in [9.17, 15) is 4.79 Å². The van der Waals surface area contributed by atoms with E-state index >= 15 is 0 Å². The molecule has 0 aromatic heterocycles. The molecule has 1 rings (SSSR count). The van der Waals surface area contributed by atoms with Crippen LogP contribution in [0.2, 0.25) is 0 Å². The first-order chi connectivity index (χ1) is 8.04. The fourth-order valence-corrected chi connectivity index (χ4v) is 1.64. The molecule has 2 N–H and O–H groups in total. The normalized spacial score (nSPS) is 9.88. The van der Waals surface area contributed by atoms with Crippen molar-refractivity contribution in [1.29, 1.82) is 0 Å². The minimum Gasteiger partial charge on any atom is -0.447 e. The molecule has 5 nitrogen and oxygen atoms in total. The van der Waals surface area contributed by atoms with Crippen LogP contribution in [0.3, 0.4) is 0 Å². The lowest BCUT2D eigenvalue weighted by Crippen LogP contribution is -2.18. The third-order valence-electron chi connectivity index (χ3n) is 2.00. The van der Waals surface area contributed by atoms with Gasteiger partial charge in [-0.15, -0.1) is 0 Å². The first-order valence-electron chi connectivity index (χ1n) is 5.06. The topological polar surface area (TPSA) is 61.8 Å². The first-order valence-corrected chi connectivity index (χ1v) is 5.85. The standard InChI is InChI=1S/C11H15BrN2O3/c1-14(2)10-4-3-8(12)7-9(10)13-11(16)17-6-5-15/h3-4,7,15H,5-6H2,1-2H3,(H,13,16). The molecule has 0 aliphatic carbocycles. The van der Waals surface area contributed by atoms with Gasteiger partial charge >= 0.3 is 6.09 Å². The van der Waals surface area contributed by atoms with Gasteiger partial charge in [0, 0.05) is 18.6 Å². The number of anilines is 2. The SMILES string of the molecule is CN(C)c1ccc(Br)cc1NC(=O)OCCO. The van der Waals surface area contributed by atoms with Crippen molar-refractivity contribution in [2.75, 3.05) is 37.5 Å². The molecule has 0 heterocycles. The van der Waals surface area contributed by atoms with Crippen molar-refractivity contribution in [2.45, 2.75) is 0 Å². The quantitative estimate of drug-likeness (QED) is 0.894. The Balaban J connectivity index is 2.81. The fourth-order valence-electron chi connectivity index (χ4n) is 1.28. The van der Waals surface area contributed by atoms with Crippen LogP contribution < -0.4 is 10.2 Å². The van der Waals surface area contributed by atoms with Crippen LogP contribution >= 0.6 is 15.9 Å². The monoisotopic (exact) mass is 302 g/mol. The zero-order valence-electron chi connectivity index (χ0n) is 9.74. The average Bonchev–Trinajstić information content (AvgIpc) is 2.26. The number of hydrogen-bond donors (Lipinski definition) is 2. The predicted molar refractivity (Wildman–Crippen MR) is 70.5 cm³/mol. The summed E-state index contributed by atoms with van der Waals surface area (Å²) in [6, 6.07) is 5.56. The number of aliphatic hydroxyl groups is 1. The summed E-state index contributed by atoms with van der Waals surface area (Å²) in [5, 5.41) is 11.2. The van der Waals surface area contributed by atoms with E-state index in [1.54, 1.807) is 6.07 Å². The van der Waals surface area contributed by atoms with Crippen molar-refractivity contribution >= 4 is 33.4 Å². The fraction of sp³-hybridized carbons (Fsp3) is 0.364. The van der Waals surface area contributed by atoms with Crippen LogP contribution in [0, 0.1) is 0 Å². The summed E-state index contributed by atoms with van der Waals surface area (Å²) < 4.78 is 5.60. The smallest absolute Gasteiger partial charge is 0.411 e. The van der Waals surface area contributed by atoms with Gasteiger partial charge in [-0.1, -0.05) is 15.9 Å².